The van der Waals surface area contributed by atoms with Gasteiger partial charge < -0.3 is 14.9 Å². The third-order valence-electron chi connectivity index (χ3n) is 3.05. The van der Waals surface area contributed by atoms with E-state index in [2.05, 4.69) is 4.72 Å². The first-order valence-corrected chi connectivity index (χ1v) is 7.55. The van der Waals surface area contributed by atoms with Crippen molar-refractivity contribution in [2.45, 2.75) is 23.8 Å². The predicted octanol–water partition coefficient (Wildman–Crippen LogP) is 0.548. The van der Waals surface area contributed by atoms with Crippen LogP contribution in [0.1, 0.15) is 23.2 Å². The van der Waals surface area contributed by atoms with Crippen molar-refractivity contribution in [2.75, 3.05) is 13.2 Å². The van der Waals surface area contributed by atoms with Gasteiger partial charge in [0.2, 0.25) is 10.0 Å². The number of ether oxygens (including phenoxy) is 1. The molecule has 0 saturated carbocycles. The molecule has 0 radical (unpaired) electrons. The minimum absolute atomic E-state index is 0.181. The minimum Gasteiger partial charge on any atom is -0.507 e. The molecule has 0 aromatic heterocycles. The minimum atomic E-state index is -3.81. The molecule has 1 aliphatic heterocycles. The molecule has 20 heavy (non-hydrogen) atoms. The van der Waals surface area contributed by atoms with Gasteiger partial charge in [-0.05, 0) is 31.0 Å². The predicted molar refractivity (Wildman–Crippen MR) is 69.2 cm³/mol. The van der Waals surface area contributed by atoms with E-state index in [1.807, 2.05) is 0 Å². The zero-order valence-electron chi connectivity index (χ0n) is 10.6. The lowest BCUT2D eigenvalue weighted by Gasteiger charge is -2.23. The summed E-state index contributed by atoms with van der Waals surface area (Å²) < 4.78 is 32.0. The number of sulfonamides is 1. The standard InChI is InChI=1S/C12H15NO6S/c14-11-2-1-9(7-10(11)12(15)16)20(17,18)13-8-3-5-19-6-4-8/h1-2,7-8,13-14H,3-6H2,(H,15,16). The third kappa shape index (κ3) is 3.27. The molecular formula is C12H15NO6S. The third-order valence-corrected chi connectivity index (χ3v) is 4.57. The molecule has 1 fully saturated rings. The summed E-state index contributed by atoms with van der Waals surface area (Å²) in [6.07, 6.45) is 1.15. The van der Waals surface area contributed by atoms with Gasteiger partial charge in [0.05, 0.1) is 4.90 Å². The zero-order valence-corrected chi connectivity index (χ0v) is 11.4. The molecule has 1 heterocycles. The Hall–Kier alpha value is -1.64. The first-order valence-electron chi connectivity index (χ1n) is 6.06. The van der Waals surface area contributed by atoms with E-state index < -0.39 is 27.3 Å². The number of carboxylic acid groups (broad SMARTS) is 1. The lowest BCUT2D eigenvalue weighted by atomic mass is 10.1. The molecule has 0 spiro atoms. The van der Waals surface area contributed by atoms with Crippen molar-refractivity contribution < 1.29 is 28.2 Å². The van der Waals surface area contributed by atoms with E-state index in [9.17, 15) is 18.3 Å². The molecule has 1 aromatic rings. The second-order valence-corrected chi connectivity index (χ2v) is 6.21. The van der Waals surface area contributed by atoms with Crippen LogP contribution in [0.25, 0.3) is 0 Å². The molecular weight excluding hydrogens is 286 g/mol. The van der Waals surface area contributed by atoms with Gasteiger partial charge in [-0.3, -0.25) is 0 Å². The molecule has 3 N–H and O–H groups in total. The number of aromatic hydroxyl groups is 1. The van der Waals surface area contributed by atoms with Gasteiger partial charge in [-0.2, -0.15) is 0 Å². The maximum Gasteiger partial charge on any atom is 0.339 e. The second-order valence-electron chi connectivity index (χ2n) is 4.49. The summed E-state index contributed by atoms with van der Waals surface area (Å²) in [4.78, 5) is 10.7. The summed E-state index contributed by atoms with van der Waals surface area (Å²) in [7, 11) is -3.81. The van der Waals surface area contributed by atoms with Gasteiger partial charge in [0.1, 0.15) is 11.3 Å². The van der Waals surface area contributed by atoms with Crippen molar-refractivity contribution in [1.82, 2.24) is 4.72 Å². The highest BCUT2D eigenvalue weighted by atomic mass is 32.2. The molecule has 7 nitrogen and oxygen atoms in total. The Labute approximate surface area is 116 Å². The Kier molecular flexibility index (Phi) is 4.26. The van der Waals surface area contributed by atoms with Crippen LogP contribution in [0.4, 0.5) is 0 Å². The summed E-state index contributed by atoms with van der Waals surface area (Å²) in [6.45, 7) is 0.978. The quantitative estimate of drug-likeness (QED) is 0.748. The van der Waals surface area contributed by atoms with Crippen molar-refractivity contribution in [2.24, 2.45) is 0 Å². The topological polar surface area (TPSA) is 113 Å². The fourth-order valence-corrected chi connectivity index (χ4v) is 3.29. The van der Waals surface area contributed by atoms with Gasteiger partial charge in [-0.25, -0.2) is 17.9 Å². The molecule has 2 rings (SSSR count). The monoisotopic (exact) mass is 301 g/mol. The van der Waals surface area contributed by atoms with Gasteiger partial charge in [-0.1, -0.05) is 0 Å². The van der Waals surface area contributed by atoms with Crippen LogP contribution in [0, 0.1) is 0 Å². The lowest BCUT2D eigenvalue weighted by Crippen LogP contribution is -2.38. The van der Waals surface area contributed by atoms with E-state index in [1.54, 1.807) is 0 Å². The number of hydrogen-bond acceptors (Lipinski definition) is 5. The maximum atomic E-state index is 12.2. The molecule has 1 saturated heterocycles. The number of aromatic carboxylic acids is 1. The van der Waals surface area contributed by atoms with Crippen molar-refractivity contribution in [3.63, 3.8) is 0 Å². The molecule has 0 unspecified atom stereocenters. The second kappa shape index (κ2) is 5.78. The van der Waals surface area contributed by atoms with Gasteiger partial charge in [-0.15, -0.1) is 0 Å². The Morgan fingerprint density at radius 2 is 1.95 bits per heavy atom. The van der Waals surface area contributed by atoms with Gasteiger partial charge in [0, 0.05) is 19.3 Å². The first kappa shape index (κ1) is 14.8. The molecule has 0 bridgehead atoms. The Balaban J connectivity index is 2.24. The lowest BCUT2D eigenvalue weighted by molar-refractivity contribution is 0.0693. The largest absolute Gasteiger partial charge is 0.507 e. The summed E-state index contributed by atoms with van der Waals surface area (Å²) in [6, 6.07) is 2.95. The van der Waals surface area contributed by atoms with E-state index in [0.717, 1.165) is 12.1 Å². The summed E-state index contributed by atoms with van der Waals surface area (Å²) in [5.74, 6) is -1.85. The molecule has 1 aromatic carbocycles. The Morgan fingerprint density at radius 1 is 1.30 bits per heavy atom. The van der Waals surface area contributed by atoms with Crippen LogP contribution in [0.2, 0.25) is 0 Å². The van der Waals surface area contributed by atoms with E-state index in [-0.39, 0.29) is 10.9 Å². The highest BCUT2D eigenvalue weighted by Gasteiger charge is 2.23. The smallest absolute Gasteiger partial charge is 0.339 e. The van der Waals surface area contributed by atoms with E-state index >= 15 is 0 Å². The van der Waals surface area contributed by atoms with Crippen molar-refractivity contribution in [3.8, 4) is 5.75 Å². The highest BCUT2D eigenvalue weighted by Crippen LogP contribution is 2.22. The van der Waals surface area contributed by atoms with Crippen molar-refractivity contribution in [1.29, 1.82) is 0 Å². The molecule has 8 heteroatoms. The average Bonchev–Trinajstić information content (AvgIpc) is 2.39. The van der Waals surface area contributed by atoms with Crippen LogP contribution in [0.5, 0.6) is 5.75 Å². The van der Waals surface area contributed by atoms with Crippen LogP contribution in [0.15, 0.2) is 23.1 Å². The molecule has 0 amide bonds. The number of rotatable bonds is 4. The summed E-state index contributed by atoms with van der Waals surface area (Å²) in [5, 5.41) is 18.3. The number of hydrogen-bond donors (Lipinski definition) is 3. The summed E-state index contributed by atoms with van der Waals surface area (Å²) in [5.41, 5.74) is -0.445. The number of carbonyl (C=O) groups is 1. The van der Waals surface area contributed by atoms with Gasteiger partial charge in [0.15, 0.2) is 0 Å². The van der Waals surface area contributed by atoms with Crippen LogP contribution in [-0.4, -0.2) is 43.9 Å². The SMILES string of the molecule is O=C(O)c1cc(S(=O)(=O)NC2CCOCC2)ccc1O. The molecule has 0 atom stereocenters. The molecule has 0 aliphatic carbocycles. The van der Waals surface area contributed by atoms with Crippen molar-refractivity contribution in [3.05, 3.63) is 23.8 Å². The number of benzene rings is 1. The zero-order chi connectivity index (χ0) is 14.8. The maximum absolute atomic E-state index is 12.2. The van der Waals surface area contributed by atoms with Gasteiger partial charge in [0.25, 0.3) is 0 Å². The first-order chi connectivity index (χ1) is 9.40. The fraction of sp³-hybridized carbons (Fsp3) is 0.417. The van der Waals surface area contributed by atoms with E-state index in [4.69, 9.17) is 9.84 Å². The Morgan fingerprint density at radius 3 is 2.55 bits per heavy atom. The summed E-state index contributed by atoms with van der Waals surface area (Å²) >= 11 is 0. The van der Waals surface area contributed by atoms with E-state index in [0.29, 0.717) is 26.1 Å². The molecule has 1 aliphatic rings. The normalized spacial score (nSPS) is 17.0. The van der Waals surface area contributed by atoms with Crippen LogP contribution < -0.4 is 4.72 Å². The molecule has 110 valence electrons. The van der Waals surface area contributed by atoms with Crippen LogP contribution in [-0.2, 0) is 14.8 Å². The van der Waals surface area contributed by atoms with E-state index in [1.165, 1.54) is 6.07 Å². The van der Waals surface area contributed by atoms with Crippen LogP contribution >= 0.6 is 0 Å². The number of nitrogens with one attached hydrogen (secondary N) is 1. The van der Waals surface area contributed by atoms with Crippen LogP contribution in [0.3, 0.4) is 0 Å². The van der Waals surface area contributed by atoms with Crippen molar-refractivity contribution >= 4 is 16.0 Å². The fourth-order valence-electron chi connectivity index (χ4n) is 1.96. The highest BCUT2D eigenvalue weighted by molar-refractivity contribution is 7.89. The number of phenols is 1. The Bertz CT molecular complexity index is 606. The number of carboxylic acids is 1. The van der Waals surface area contributed by atoms with Gasteiger partial charge >= 0.3 is 5.97 Å². The average molecular weight is 301 g/mol.